The van der Waals surface area contributed by atoms with Gasteiger partial charge in [-0.25, -0.2) is 0 Å². The lowest BCUT2D eigenvalue weighted by Gasteiger charge is -2.19. The Hall–Kier alpha value is -2.47. The second-order valence-corrected chi connectivity index (χ2v) is 6.68. The van der Waals surface area contributed by atoms with Crippen molar-refractivity contribution in [1.29, 1.82) is 0 Å². The maximum absolute atomic E-state index is 12.6. The first-order valence-corrected chi connectivity index (χ1v) is 9.09. The Morgan fingerprint density at radius 2 is 1.74 bits per heavy atom. The van der Waals surface area contributed by atoms with Gasteiger partial charge in [0.05, 0.1) is 19.1 Å². The van der Waals surface area contributed by atoms with Gasteiger partial charge < -0.3 is 20.3 Å². The Kier molecular flexibility index (Phi) is 6.40. The molecule has 0 saturated carbocycles. The van der Waals surface area contributed by atoms with E-state index in [-0.39, 0.29) is 25.6 Å². The minimum atomic E-state index is -1.09. The van der Waals surface area contributed by atoms with Crippen molar-refractivity contribution in [2.75, 3.05) is 19.8 Å². The van der Waals surface area contributed by atoms with E-state index in [9.17, 15) is 9.90 Å². The predicted molar refractivity (Wildman–Crippen MR) is 104 cm³/mol. The molecule has 0 amide bonds. The number of hydrogen-bond donors (Lipinski definition) is 2. The fraction of sp³-hybridized carbons (Fsp3) is 0.318. The maximum Gasteiger partial charge on any atom is 0.311 e. The van der Waals surface area contributed by atoms with Crippen molar-refractivity contribution in [3.8, 4) is 11.1 Å². The van der Waals surface area contributed by atoms with Gasteiger partial charge >= 0.3 is 5.97 Å². The summed E-state index contributed by atoms with van der Waals surface area (Å²) in [4.78, 5) is 12.6. The molecule has 3 N–H and O–H groups in total. The first-order chi connectivity index (χ1) is 13.1. The summed E-state index contributed by atoms with van der Waals surface area (Å²) >= 11 is 0. The van der Waals surface area contributed by atoms with Gasteiger partial charge in [-0.3, -0.25) is 4.79 Å². The van der Waals surface area contributed by atoms with Crippen LogP contribution in [0.15, 0.2) is 61.2 Å². The lowest BCUT2D eigenvalue weighted by atomic mass is 9.98. The average molecular weight is 367 g/mol. The van der Waals surface area contributed by atoms with E-state index in [0.29, 0.717) is 6.61 Å². The highest BCUT2D eigenvalue weighted by Crippen LogP contribution is 2.44. The number of fused-ring (bicyclic) bond motifs is 3. The smallest absolute Gasteiger partial charge is 0.311 e. The number of benzene rings is 2. The van der Waals surface area contributed by atoms with Crippen molar-refractivity contribution < 1.29 is 19.4 Å². The van der Waals surface area contributed by atoms with Gasteiger partial charge in [0.25, 0.3) is 0 Å². The van der Waals surface area contributed by atoms with E-state index in [1.54, 1.807) is 6.08 Å². The van der Waals surface area contributed by atoms with Crippen LogP contribution in [-0.2, 0) is 14.3 Å². The zero-order valence-electron chi connectivity index (χ0n) is 15.2. The van der Waals surface area contributed by atoms with E-state index in [4.69, 9.17) is 15.2 Å². The molecule has 1 aliphatic rings. The molecule has 5 nitrogen and oxygen atoms in total. The second-order valence-electron chi connectivity index (χ2n) is 6.68. The van der Waals surface area contributed by atoms with Crippen LogP contribution in [0.2, 0.25) is 0 Å². The molecule has 2 unspecified atom stereocenters. The molecule has 27 heavy (non-hydrogen) atoms. The number of carbonyl (C=O) groups excluding carboxylic acids is 1. The van der Waals surface area contributed by atoms with Crippen LogP contribution in [0.5, 0.6) is 0 Å². The minimum Gasteiger partial charge on any atom is -0.464 e. The molecule has 0 saturated heterocycles. The van der Waals surface area contributed by atoms with Crippen LogP contribution in [0.25, 0.3) is 11.1 Å². The van der Waals surface area contributed by atoms with Gasteiger partial charge in [-0.05, 0) is 22.3 Å². The van der Waals surface area contributed by atoms with E-state index in [1.807, 2.05) is 24.3 Å². The average Bonchev–Trinajstić information content (AvgIpc) is 2.99. The van der Waals surface area contributed by atoms with Gasteiger partial charge in [0, 0.05) is 12.3 Å². The van der Waals surface area contributed by atoms with Crippen LogP contribution in [0.3, 0.4) is 0 Å². The van der Waals surface area contributed by atoms with Crippen LogP contribution in [0, 0.1) is 5.92 Å². The van der Waals surface area contributed by atoms with Crippen LogP contribution >= 0.6 is 0 Å². The lowest BCUT2D eigenvalue weighted by Crippen LogP contribution is -2.31. The molecule has 0 radical (unpaired) electrons. The van der Waals surface area contributed by atoms with Gasteiger partial charge in [0.2, 0.25) is 0 Å². The van der Waals surface area contributed by atoms with E-state index in [1.165, 1.54) is 11.1 Å². The minimum absolute atomic E-state index is 0.00102. The largest absolute Gasteiger partial charge is 0.464 e. The monoisotopic (exact) mass is 367 g/mol. The van der Waals surface area contributed by atoms with Crippen LogP contribution in [0.4, 0.5) is 0 Å². The summed E-state index contributed by atoms with van der Waals surface area (Å²) in [5.74, 6) is -1.03. The summed E-state index contributed by atoms with van der Waals surface area (Å²) in [5, 5.41) is 9.46. The number of ether oxygens (including phenoxy) is 2. The van der Waals surface area contributed by atoms with Crippen molar-refractivity contribution in [2.24, 2.45) is 11.7 Å². The Balaban J connectivity index is 1.71. The normalized spacial score (nSPS) is 14.9. The van der Waals surface area contributed by atoms with E-state index >= 15 is 0 Å². The zero-order valence-corrected chi connectivity index (χ0v) is 15.2. The van der Waals surface area contributed by atoms with Gasteiger partial charge in [0.1, 0.15) is 12.8 Å². The highest BCUT2D eigenvalue weighted by Gasteiger charge is 2.30. The van der Waals surface area contributed by atoms with E-state index < -0.39 is 18.1 Å². The molecule has 0 bridgehead atoms. The fourth-order valence-corrected chi connectivity index (χ4v) is 3.54. The Labute approximate surface area is 159 Å². The topological polar surface area (TPSA) is 81.8 Å². The molecule has 0 aromatic heterocycles. The second kappa shape index (κ2) is 8.95. The van der Waals surface area contributed by atoms with Gasteiger partial charge in [-0.15, -0.1) is 6.58 Å². The molecule has 1 aliphatic carbocycles. The number of esters is 1. The number of carbonyl (C=O) groups is 1. The molecule has 0 aliphatic heterocycles. The van der Waals surface area contributed by atoms with Crippen LogP contribution < -0.4 is 5.73 Å². The molecule has 3 rings (SSSR count). The number of hydrogen-bond acceptors (Lipinski definition) is 5. The Morgan fingerprint density at radius 3 is 2.30 bits per heavy atom. The predicted octanol–water partition coefficient (Wildman–Crippen LogP) is 2.83. The zero-order chi connectivity index (χ0) is 19.2. The van der Waals surface area contributed by atoms with Crippen molar-refractivity contribution in [1.82, 2.24) is 0 Å². The summed E-state index contributed by atoms with van der Waals surface area (Å²) in [7, 11) is 0. The van der Waals surface area contributed by atoms with E-state index in [0.717, 1.165) is 11.1 Å². The molecule has 142 valence electrons. The molecule has 2 aromatic carbocycles. The highest BCUT2D eigenvalue weighted by molar-refractivity contribution is 5.79. The summed E-state index contributed by atoms with van der Waals surface area (Å²) in [6.07, 6.45) is 0.601. The molecule has 0 spiro atoms. The van der Waals surface area contributed by atoms with Crippen molar-refractivity contribution in [2.45, 2.75) is 18.6 Å². The third-order valence-corrected chi connectivity index (χ3v) is 4.77. The van der Waals surface area contributed by atoms with Crippen molar-refractivity contribution in [3.63, 3.8) is 0 Å². The Morgan fingerprint density at radius 1 is 1.15 bits per heavy atom. The first kappa shape index (κ1) is 19.3. The number of rotatable bonds is 9. The lowest BCUT2D eigenvalue weighted by molar-refractivity contribution is -0.152. The summed E-state index contributed by atoms with van der Waals surface area (Å²) in [6, 6.07) is 16.3. The van der Waals surface area contributed by atoms with Gasteiger partial charge in [-0.1, -0.05) is 54.6 Å². The maximum atomic E-state index is 12.6. The number of nitrogens with two attached hydrogens (primary N) is 1. The van der Waals surface area contributed by atoms with Gasteiger partial charge in [0.15, 0.2) is 0 Å². The molecule has 2 aromatic rings. The summed E-state index contributed by atoms with van der Waals surface area (Å²) in [5.41, 5.74) is 10.1. The molecule has 2 atom stereocenters. The molecular weight excluding hydrogens is 342 g/mol. The standard InChI is InChI=1S/C22H25NO4/c1-2-11-26-13-15(12-21(23)24)22(25)27-14-20-18-9-5-3-7-16(18)17-8-4-6-10-19(17)20/h2-10,15,20-21,24H,1,11-14,23H2. The fourth-order valence-electron chi connectivity index (χ4n) is 3.54. The van der Waals surface area contributed by atoms with Crippen LogP contribution in [-0.4, -0.2) is 37.1 Å². The SMILES string of the molecule is C=CCOCC(CC(N)O)C(=O)OCC1c2ccccc2-c2ccccc21. The third-order valence-electron chi connectivity index (χ3n) is 4.77. The molecular formula is C22H25NO4. The Bertz CT molecular complexity index is 757. The van der Waals surface area contributed by atoms with E-state index in [2.05, 4.69) is 30.8 Å². The van der Waals surface area contributed by atoms with Crippen molar-refractivity contribution >= 4 is 5.97 Å². The summed E-state index contributed by atoms with van der Waals surface area (Å²) in [6.45, 7) is 4.28. The number of aliphatic hydroxyl groups is 1. The first-order valence-electron chi connectivity index (χ1n) is 9.09. The molecule has 0 heterocycles. The summed E-state index contributed by atoms with van der Waals surface area (Å²) < 4.78 is 11.0. The quantitative estimate of drug-likeness (QED) is 0.308. The third kappa shape index (κ3) is 4.45. The number of aliphatic hydroxyl groups excluding tert-OH is 1. The van der Waals surface area contributed by atoms with Crippen molar-refractivity contribution in [3.05, 3.63) is 72.3 Å². The highest BCUT2D eigenvalue weighted by atomic mass is 16.5. The molecule has 5 heteroatoms. The van der Waals surface area contributed by atoms with Gasteiger partial charge in [-0.2, -0.15) is 0 Å². The molecule has 0 fully saturated rings. The van der Waals surface area contributed by atoms with Crippen LogP contribution in [0.1, 0.15) is 23.5 Å².